The lowest BCUT2D eigenvalue weighted by Gasteiger charge is -2.24. The van der Waals surface area contributed by atoms with Crippen LogP contribution in [0, 0.1) is 5.92 Å². The van der Waals surface area contributed by atoms with Crippen molar-refractivity contribution in [1.29, 1.82) is 0 Å². The third kappa shape index (κ3) is 2.88. The first-order chi connectivity index (χ1) is 8.76. The average Bonchev–Trinajstić information content (AvgIpc) is 3.00. The Balaban J connectivity index is 2.02. The highest BCUT2D eigenvalue weighted by molar-refractivity contribution is 5.28. The molecular formula is C15H27N3. The van der Waals surface area contributed by atoms with Crippen LogP contribution in [0.5, 0.6) is 0 Å². The number of hydrogen-bond donors (Lipinski definition) is 1. The Bertz CT molecular complexity index is 348. The van der Waals surface area contributed by atoms with E-state index in [4.69, 9.17) is 0 Å². The molecule has 1 heterocycles. The van der Waals surface area contributed by atoms with Crippen LogP contribution in [0.2, 0.25) is 0 Å². The quantitative estimate of drug-likeness (QED) is 0.817. The lowest BCUT2D eigenvalue weighted by atomic mass is 9.96. The van der Waals surface area contributed by atoms with Gasteiger partial charge in [0.1, 0.15) is 0 Å². The third-order valence-electron chi connectivity index (χ3n) is 4.50. The second-order valence-electron chi connectivity index (χ2n) is 5.61. The molecule has 0 aromatic carbocycles. The zero-order valence-corrected chi connectivity index (χ0v) is 12.0. The minimum absolute atomic E-state index is 0.502. The highest BCUT2D eigenvalue weighted by Gasteiger charge is 2.21. The van der Waals surface area contributed by atoms with E-state index in [9.17, 15) is 0 Å². The summed E-state index contributed by atoms with van der Waals surface area (Å²) in [6.45, 7) is 6.83. The Hall–Kier alpha value is -0.990. The molecule has 2 rings (SSSR count). The minimum atomic E-state index is 0.502. The maximum absolute atomic E-state index is 4.50. The van der Waals surface area contributed by atoms with Crippen LogP contribution in [0.25, 0.3) is 0 Å². The monoisotopic (exact) mass is 249 g/mol. The van der Waals surface area contributed by atoms with Crippen LogP contribution in [0.1, 0.15) is 65.3 Å². The van der Waals surface area contributed by atoms with Crippen LogP contribution in [-0.4, -0.2) is 15.6 Å². The molecule has 3 nitrogen and oxygen atoms in total. The molecule has 1 atom stereocenters. The number of hydrogen-bond acceptors (Lipinski definition) is 2. The molecule has 0 aliphatic heterocycles. The van der Waals surface area contributed by atoms with Gasteiger partial charge in [-0.25, -0.2) is 4.98 Å². The van der Waals surface area contributed by atoms with Crippen LogP contribution in [-0.2, 0) is 0 Å². The van der Waals surface area contributed by atoms with Crippen molar-refractivity contribution >= 4 is 5.95 Å². The first-order valence-electron chi connectivity index (χ1n) is 7.55. The molecular weight excluding hydrogens is 222 g/mol. The first kappa shape index (κ1) is 13.4. The zero-order chi connectivity index (χ0) is 13.0. The van der Waals surface area contributed by atoms with Crippen molar-refractivity contribution in [2.24, 2.45) is 5.92 Å². The average molecular weight is 249 g/mol. The maximum atomic E-state index is 4.50. The first-order valence-corrected chi connectivity index (χ1v) is 7.55. The fourth-order valence-electron chi connectivity index (χ4n) is 3.22. The minimum Gasteiger partial charge on any atom is -0.353 e. The number of anilines is 1. The highest BCUT2D eigenvalue weighted by atomic mass is 15.2. The van der Waals surface area contributed by atoms with Crippen molar-refractivity contribution in [1.82, 2.24) is 9.55 Å². The number of nitrogens with zero attached hydrogens (tertiary/aromatic N) is 2. The molecule has 102 valence electrons. The summed E-state index contributed by atoms with van der Waals surface area (Å²) in [6.07, 6.45) is 11.9. The summed E-state index contributed by atoms with van der Waals surface area (Å²) in [6, 6.07) is 1.17. The van der Waals surface area contributed by atoms with E-state index in [0.29, 0.717) is 12.1 Å². The topological polar surface area (TPSA) is 29.9 Å². The lowest BCUT2D eigenvalue weighted by Crippen LogP contribution is -2.27. The SMILES string of the molecule is CCC(CC)C(C)Nc1nccn1C1CCCC1. The van der Waals surface area contributed by atoms with Gasteiger partial charge in [-0.1, -0.05) is 39.5 Å². The molecule has 1 aromatic heterocycles. The van der Waals surface area contributed by atoms with Crippen molar-refractivity contribution in [2.45, 2.75) is 71.4 Å². The van der Waals surface area contributed by atoms with Crippen molar-refractivity contribution in [3.8, 4) is 0 Å². The van der Waals surface area contributed by atoms with Gasteiger partial charge in [0.25, 0.3) is 0 Å². The van der Waals surface area contributed by atoms with Crippen molar-refractivity contribution in [3.05, 3.63) is 12.4 Å². The summed E-state index contributed by atoms with van der Waals surface area (Å²) in [5.74, 6) is 1.81. The summed E-state index contributed by atoms with van der Waals surface area (Å²) in [5.41, 5.74) is 0. The standard InChI is InChI=1S/C15H27N3/c1-4-13(5-2)12(3)17-15-16-10-11-18(15)14-8-6-7-9-14/h10-14H,4-9H2,1-3H3,(H,16,17). The van der Waals surface area contributed by atoms with E-state index in [1.165, 1.54) is 38.5 Å². The van der Waals surface area contributed by atoms with Gasteiger partial charge in [0.05, 0.1) is 0 Å². The van der Waals surface area contributed by atoms with Gasteiger partial charge in [0, 0.05) is 24.5 Å². The van der Waals surface area contributed by atoms with Gasteiger partial charge in [0.2, 0.25) is 5.95 Å². The predicted octanol–water partition coefficient (Wildman–Crippen LogP) is 4.23. The Morgan fingerprint density at radius 1 is 1.33 bits per heavy atom. The van der Waals surface area contributed by atoms with Gasteiger partial charge in [0.15, 0.2) is 0 Å². The summed E-state index contributed by atoms with van der Waals surface area (Å²) in [7, 11) is 0. The summed E-state index contributed by atoms with van der Waals surface area (Å²) < 4.78 is 2.35. The molecule has 0 spiro atoms. The Morgan fingerprint density at radius 3 is 2.61 bits per heavy atom. The van der Waals surface area contributed by atoms with Crippen molar-refractivity contribution in [3.63, 3.8) is 0 Å². The van der Waals surface area contributed by atoms with Gasteiger partial charge >= 0.3 is 0 Å². The van der Waals surface area contributed by atoms with E-state index < -0.39 is 0 Å². The van der Waals surface area contributed by atoms with Gasteiger partial charge in [-0.05, 0) is 25.7 Å². The van der Waals surface area contributed by atoms with Crippen LogP contribution < -0.4 is 5.32 Å². The van der Waals surface area contributed by atoms with Gasteiger partial charge in [-0.15, -0.1) is 0 Å². The van der Waals surface area contributed by atoms with Crippen molar-refractivity contribution in [2.75, 3.05) is 5.32 Å². The molecule has 1 aliphatic carbocycles. The molecule has 1 aromatic rings. The molecule has 0 amide bonds. The number of rotatable bonds is 6. The normalized spacial score (nSPS) is 18.4. The summed E-state index contributed by atoms with van der Waals surface area (Å²) >= 11 is 0. The molecule has 1 N–H and O–H groups in total. The molecule has 18 heavy (non-hydrogen) atoms. The molecule has 0 saturated heterocycles. The van der Waals surface area contributed by atoms with Crippen LogP contribution in [0.15, 0.2) is 12.4 Å². The second kappa shape index (κ2) is 6.26. The molecule has 1 aliphatic rings. The predicted molar refractivity (Wildman–Crippen MR) is 76.9 cm³/mol. The fourth-order valence-corrected chi connectivity index (χ4v) is 3.22. The van der Waals surface area contributed by atoms with E-state index in [2.05, 4.69) is 41.8 Å². The summed E-state index contributed by atoms with van der Waals surface area (Å²) in [4.78, 5) is 4.50. The van der Waals surface area contributed by atoms with Crippen LogP contribution in [0.3, 0.4) is 0 Å². The van der Waals surface area contributed by atoms with Crippen LogP contribution >= 0.6 is 0 Å². The molecule has 0 bridgehead atoms. The van der Waals surface area contributed by atoms with Gasteiger partial charge in [-0.3, -0.25) is 0 Å². The zero-order valence-electron chi connectivity index (χ0n) is 12.0. The largest absolute Gasteiger partial charge is 0.353 e. The molecule has 0 radical (unpaired) electrons. The molecule has 3 heteroatoms. The van der Waals surface area contributed by atoms with Gasteiger partial charge in [-0.2, -0.15) is 0 Å². The molecule has 1 unspecified atom stereocenters. The van der Waals surface area contributed by atoms with E-state index in [1.54, 1.807) is 0 Å². The number of nitrogens with one attached hydrogen (secondary N) is 1. The smallest absolute Gasteiger partial charge is 0.203 e. The van der Waals surface area contributed by atoms with E-state index >= 15 is 0 Å². The fraction of sp³-hybridized carbons (Fsp3) is 0.800. The third-order valence-corrected chi connectivity index (χ3v) is 4.50. The summed E-state index contributed by atoms with van der Waals surface area (Å²) in [5, 5.41) is 3.62. The maximum Gasteiger partial charge on any atom is 0.203 e. The number of imidazole rings is 1. The van der Waals surface area contributed by atoms with E-state index in [1.807, 2.05) is 6.20 Å². The second-order valence-corrected chi connectivity index (χ2v) is 5.61. The van der Waals surface area contributed by atoms with Gasteiger partial charge < -0.3 is 9.88 Å². The molecule has 1 fully saturated rings. The highest BCUT2D eigenvalue weighted by Crippen LogP contribution is 2.31. The number of aromatic nitrogens is 2. The van der Waals surface area contributed by atoms with E-state index in [0.717, 1.165) is 11.9 Å². The Morgan fingerprint density at radius 2 is 2.00 bits per heavy atom. The molecule has 1 saturated carbocycles. The lowest BCUT2D eigenvalue weighted by molar-refractivity contribution is 0.431. The van der Waals surface area contributed by atoms with E-state index in [-0.39, 0.29) is 0 Å². The van der Waals surface area contributed by atoms with Crippen molar-refractivity contribution < 1.29 is 0 Å². The Labute approximate surface area is 111 Å². The Kier molecular flexibility index (Phi) is 4.67. The van der Waals surface area contributed by atoms with Crippen LogP contribution in [0.4, 0.5) is 5.95 Å².